The number of aromatic nitrogens is 5. The summed E-state index contributed by atoms with van der Waals surface area (Å²) in [5, 5.41) is 17.0. The van der Waals surface area contributed by atoms with Gasteiger partial charge in [0, 0.05) is 61.5 Å². The molecule has 0 bridgehead atoms. The normalized spacial score (nSPS) is 15.1. The Morgan fingerprint density at radius 2 is 1.79 bits per heavy atom. The number of nitriles is 1. The number of carbonyl (C=O) groups is 1. The van der Waals surface area contributed by atoms with Gasteiger partial charge in [0.05, 0.1) is 11.6 Å². The Balaban J connectivity index is 0.00000386. The van der Waals surface area contributed by atoms with Crippen LogP contribution >= 0.6 is 23.7 Å². The van der Waals surface area contributed by atoms with Crippen molar-refractivity contribution in [3.8, 4) is 28.5 Å². The summed E-state index contributed by atoms with van der Waals surface area (Å²) in [4.78, 5) is 36.0. The molecule has 47 heavy (non-hydrogen) atoms. The third kappa shape index (κ3) is 6.36. The van der Waals surface area contributed by atoms with Crippen LogP contribution in [0.1, 0.15) is 30.3 Å². The Morgan fingerprint density at radius 3 is 2.47 bits per heavy atom. The highest BCUT2D eigenvalue weighted by molar-refractivity contribution is 7.16. The summed E-state index contributed by atoms with van der Waals surface area (Å²) >= 11 is 1.28. The first-order valence-electron chi connectivity index (χ1n) is 15.4. The number of hydrogen-bond donors (Lipinski definition) is 2. The van der Waals surface area contributed by atoms with Gasteiger partial charge in [0.25, 0.3) is 0 Å². The van der Waals surface area contributed by atoms with E-state index in [9.17, 15) is 14.4 Å². The summed E-state index contributed by atoms with van der Waals surface area (Å²) in [6.07, 6.45) is 8.27. The number of nitrogens with zero attached hydrogens (tertiary/aromatic N) is 8. The maximum absolute atomic E-state index is 13.5. The molecule has 2 fully saturated rings. The average Bonchev–Trinajstić information content (AvgIpc) is 3.66. The minimum Gasteiger partial charge on any atom is -0.353 e. The predicted octanol–water partition coefficient (Wildman–Crippen LogP) is 4.98. The van der Waals surface area contributed by atoms with Gasteiger partial charge in [0.15, 0.2) is 5.13 Å². The van der Waals surface area contributed by atoms with Crippen molar-refractivity contribution in [1.29, 1.82) is 5.26 Å². The number of carbonyl (C=O) groups excluding carboxylic acids is 1. The molecular formula is C33H34ClFN10OS. The van der Waals surface area contributed by atoms with E-state index < -0.39 is 0 Å². The van der Waals surface area contributed by atoms with Crippen LogP contribution in [0.5, 0.6) is 0 Å². The molecule has 0 atom stereocenters. The van der Waals surface area contributed by atoms with Crippen molar-refractivity contribution in [3.63, 3.8) is 0 Å². The van der Waals surface area contributed by atoms with Gasteiger partial charge in [-0.05, 0) is 68.8 Å². The standard InChI is InChI=1S/C33H33FN10OS.ClH/c1-3-26-31(42(2)33-41-29(27(14-35)46-33)20-4-7-24(34)8-5-20)44-19-21(6-9-28(44)40-26)22-15-37-32(38-16-22)43-17-23(18-43)30(45)39-25-10-12-36-13-11-25;/h4-9,15-16,19,23,25,36H,3,10-13,17-18H2,1-2H3,(H,39,45);1H. The fourth-order valence-corrected chi connectivity index (χ4v) is 6.84. The summed E-state index contributed by atoms with van der Waals surface area (Å²) in [6.45, 7) is 5.17. The number of imidazole rings is 1. The Labute approximate surface area is 281 Å². The van der Waals surface area contributed by atoms with Crippen LogP contribution in [-0.4, -0.2) is 69.5 Å². The second kappa shape index (κ2) is 13.6. The van der Waals surface area contributed by atoms with Crippen molar-refractivity contribution in [2.24, 2.45) is 5.92 Å². The number of anilines is 3. The van der Waals surface area contributed by atoms with E-state index in [4.69, 9.17) is 9.97 Å². The van der Waals surface area contributed by atoms with Crippen molar-refractivity contribution >= 4 is 52.2 Å². The molecule has 7 rings (SSSR count). The smallest absolute Gasteiger partial charge is 0.226 e. The molecule has 11 nitrogen and oxygen atoms in total. The van der Waals surface area contributed by atoms with Crippen LogP contribution in [0, 0.1) is 23.1 Å². The van der Waals surface area contributed by atoms with Crippen molar-refractivity contribution in [1.82, 2.24) is 35.0 Å². The maximum Gasteiger partial charge on any atom is 0.226 e. The van der Waals surface area contributed by atoms with Crippen molar-refractivity contribution in [2.75, 3.05) is 43.0 Å². The van der Waals surface area contributed by atoms with Gasteiger partial charge in [-0.1, -0.05) is 18.3 Å². The quantitative estimate of drug-likeness (QED) is 0.235. The number of halogens is 2. The van der Waals surface area contributed by atoms with E-state index >= 15 is 0 Å². The molecular weight excluding hydrogens is 639 g/mol. The number of benzene rings is 1. The highest BCUT2D eigenvalue weighted by Crippen LogP contribution is 2.37. The van der Waals surface area contributed by atoms with Crippen LogP contribution in [0.3, 0.4) is 0 Å². The minimum absolute atomic E-state index is 0. The maximum atomic E-state index is 13.5. The topological polar surface area (TPSA) is 127 Å². The Kier molecular flexibility index (Phi) is 9.35. The molecule has 5 aromatic rings. The van der Waals surface area contributed by atoms with Crippen LogP contribution in [0.4, 0.5) is 21.3 Å². The molecule has 4 aromatic heterocycles. The molecule has 0 aliphatic carbocycles. The number of fused-ring (bicyclic) bond motifs is 1. The van der Waals surface area contributed by atoms with Crippen LogP contribution in [0.2, 0.25) is 0 Å². The number of thiazole rings is 1. The second-order valence-corrected chi connectivity index (χ2v) is 12.6. The molecule has 14 heteroatoms. The number of piperidine rings is 1. The van der Waals surface area contributed by atoms with Gasteiger partial charge in [-0.3, -0.25) is 9.20 Å². The Hall–Kier alpha value is -4.64. The van der Waals surface area contributed by atoms with Gasteiger partial charge in [-0.2, -0.15) is 5.26 Å². The molecule has 0 unspecified atom stereocenters. The van der Waals surface area contributed by atoms with Gasteiger partial charge >= 0.3 is 0 Å². The number of nitrogens with one attached hydrogen (secondary N) is 2. The fourth-order valence-electron chi connectivity index (χ4n) is 5.99. The number of amides is 1. The van der Waals surface area contributed by atoms with Gasteiger partial charge < -0.3 is 20.4 Å². The zero-order valence-corrected chi connectivity index (χ0v) is 27.6. The van der Waals surface area contributed by atoms with Crippen LogP contribution in [0.15, 0.2) is 55.0 Å². The lowest BCUT2D eigenvalue weighted by Gasteiger charge is -2.39. The van der Waals surface area contributed by atoms with E-state index in [1.54, 1.807) is 12.1 Å². The van der Waals surface area contributed by atoms with Crippen LogP contribution < -0.4 is 20.4 Å². The van der Waals surface area contributed by atoms with Crippen molar-refractivity contribution < 1.29 is 9.18 Å². The van der Waals surface area contributed by atoms with Gasteiger partial charge in [0.2, 0.25) is 11.9 Å². The second-order valence-electron chi connectivity index (χ2n) is 11.6. The first-order chi connectivity index (χ1) is 22.4. The first kappa shape index (κ1) is 32.3. The summed E-state index contributed by atoms with van der Waals surface area (Å²) in [6, 6.07) is 12.5. The third-order valence-corrected chi connectivity index (χ3v) is 9.67. The number of rotatable bonds is 8. The number of hydrogen-bond acceptors (Lipinski definition) is 10. The predicted molar refractivity (Wildman–Crippen MR) is 183 cm³/mol. The average molecular weight is 673 g/mol. The van der Waals surface area contributed by atoms with E-state index in [2.05, 4.69) is 33.6 Å². The highest BCUT2D eigenvalue weighted by Gasteiger charge is 2.35. The number of aryl methyl sites for hydroxylation is 1. The van der Waals surface area contributed by atoms with Crippen molar-refractivity contribution in [3.05, 3.63) is 71.4 Å². The molecule has 0 saturated carbocycles. The molecule has 242 valence electrons. The van der Waals surface area contributed by atoms with E-state index in [-0.39, 0.29) is 36.1 Å². The van der Waals surface area contributed by atoms with Gasteiger partial charge in [-0.25, -0.2) is 24.3 Å². The summed E-state index contributed by atoms with van der Waals surface area (Å²) in [5.41, 5.74) is 4.65. The lowest BCUT2D eigenvalue weighted by Crippen LogP contribution is -2.56. The Morgan fingerprint density at radius 1 is 1.09 bits per heavy atom. The van der Waals surface area contributed by atoms with Crippen molar-refractivity contribution in [2.45, 2.75) is 32.2 Å². The van der Waals surface area contributed by atoms with E-state index in [1.807, 2.05) is 52.0 Å². The summed E-state index contributed by atoms with van der Waals surface area (Å²) in [5.74, 6) is 1.19. The minimum atomic E-state index is -0.342. The SMILES string of the molecule is CCc1nc2ccc(-c3cnc(N4CC(C(=O)NC5CCNCC5)C4)nc3)cn2c1N(C)c1nc(-c2ccc(F)cc2)c(C#N)s1.Cl. The molecule has 2 aliphatic rings. The van der Waals surface area contributed by atoms with Gasteiger partial charge in [0.1, 0.15) is 33.9 Å². The molecule has 2 N–H and O–H groups in total. The summed E-state index contributed by atoms with van der Waals surface area (Å²) in [7, 11) is 1.91. The highest BCUT2D eigenvalue weighted by atomic mass is 35.5. The molecule has 1 aromatic carbocycles. The van der Waals surface area contributed by atoms with Crippen LogP contribution in [0.25, 0.3) is 28.0 Å². The first-order valence-corrected chi connectivity index (χ1v) is 16.2. The third-order valence-electron chi connectivity index (χ3n) is 8.63. The zero-order valence-electron chi connectivity index (χ0n) is 26.0. The largest absolute Gasteiger partial charge is 0.353 e. The van der Waals surface area contributed by atoms with Gasteiger partial charge in [-0.15, -0.1) is 12.4 Å². The lowest BCUT2D eigenvalue weighted by atomic mass is 9.98. The molecule has 6 heterocycles. The van der Waals surface area contributed by atoms with Crippen LogP contribution in [-0.2, 0) is 11.2 Å². The monoisotopic (exact) mass is 672 g/mol. The fraction of sp³-hybridized carbons (Fsp3) is 0.333. The van der Waals surface area contributed by atoms with E-state index in [1.165, 1.54) is 23.5 Å². The molecule has 0 radical (unpaired) electrons. The molecule has 0 spiro atoms. The van der Waals surface area contributed by atoms with E-state index in [0.29, 0.717) is 46.7 Å². The summed E-state index contributed by atoms with van der Waals surface area (Å²) < 4.78 is 15.6. The zero-order chi connectivity index (χ0) is 31.8. The van der Waals surface area contributed by atoms with E-state index in [0.717, 1.165) is 54.2 Å². The molecule has 2 aliphatic heterocycles. The molecule has 2 saturated heterocycles. The lowest BCUT2D eigenvalue weighted by molar-refractivity contribution is -0.126. The number of pyridine rings is 1. The molecule has 1 amide bonds. The Bertz CT molecular complexity index is 1930.